The van der Waals surface area contributed by atoms with Crippen molar-refractivity contribution in [3.8, 4) is 0 Å². The van der Waals surface area contributed by atoms with Gasteiger partial charge >= 0.3 is 6.18 Å². The standard InChI is InChI=1S/C11H14F3NOS/c1-17(16)8-7-15-10(11(12,13)14)9-5-3-2-4-6-9/h2-6,10,15H,7-8H2,1H3. The lowest BCUT2D eigenvalue weighted by atomic mass is 10.1. The molecule has 1 rings (SSSR count). The zero-order valence-corrected chi connectivity index (χ0v) is 10.1. The molecule has 0 bridgehead atoms. The number of halogens is 3. The lowest BCUT2D eigenvalue weighted by Gasteiger charge is -2.21. The van der Waals surface area contributed by atoms with E-state index in [2.05, 4.69) is 5.32 Å². The molecular weight excluding hydrogens is 251 g/mol. The van der Waals surface area contributed by atoms with E-state index in [1.807, 2.05) is 0 Å². The molecule has 2 nitrogen and oxygen atoms in total. The predicted molar refractivity (Wildman–Crippen MR) is 62.2 cm³/mol. The maximum atomic E-state index is 12.8. The Morgan fingerprint density at radius 1 is 1.29 bits per heavy atom. The SMILES string of the molecule is CS(=O)CCNC(c1ccccc1)C(F)(F)F. The van der Waals surface area contributed by atoms with E-state index in [0.717, 1.165) is 0 Å². The van der Waals surface area contributed by atoms with Gasteiger partial charge in [-0.05, 0) is 5.56 Å². The highest BCUT2D eigenvalue weighted by Gasteiger charge is 2.40. The lowest BCUT2D eigenvalue weighted by Crippen LogP contribution is -2.36. The van der Waals surface area contributed by atoms with Crippen molar-refractivity contribution in [2.24, 2.45) is 0 Å². The summed E-state index contributed by atoms with van der Waals surface area (Å²) >= 11 is 0. The highest BCUT2D eigenvalue weighted by atomic mass is 32.2. The van der Waals surface area contributed by atoms with Crippen LogP contribution in [-0.4, -0.2) is 28.9 Å². The van der Waals surface area contributed by atoms with Crippen LogP contribution >= 0.6 is 0 Å². The molecule has 0 radical (unpaired) electrons. The first-order valence-corrected chi connectivity index (χ1v) is 6.79. The van der Waals surface area contributed by atoms with Gasteiger partial charge in [0.15, 0.2) is 0 Å². The number of alkyl halides is 3. The Morgan fingerprint density at radius 3 is 2.35 bits per heavy atom. The van der Waals surface area contributed by atoms with E-state index in [1.54, 1.807) is 18.2 Å². The smallest absolute Gasteiger partial charge is 0.302 e. The van der Waals surface area contributed by atoms with E-state index in [0.29, 0.717) is 0 Å². The maximum Gasteiger partial charge on any atom is 0.407 e. The highest BCUT2D eigenvalue weighted by Crippen LogP contribution is 2.32. The minimum absolute atomic E-state index is 0.0716. The number of hydrogen-bond donors (Lipinski definition) is 1. The van der Waals surface area contributed by atoms with Crippen LogP contribution < -0.4 is 5.32 Å². The van der Waals surface area contributed by atoms with Crippen LogP contribution in [0.4, 0.5) is 13.2 Å². The molecule has 1 aromatic carbocycles. The van der Waals surface area contributed by atoms with Crippen molar-refractivity contribution in [2.75, 3.05) is 18.6 Å². The van der Waals surface area contributed by atoms with Crippen molar-refractivity contribution in [2.45, 2.75) is 12.2 Å². The molecule has 2 atom stereocenters. The van der Waals surface area contributed by atoms with E-state index >= 15 is 0 Å². The largest absolute Gasteiger partial charge is 0.407 e. The summed E-state index contributed by atoms with van der Waals surface area (Å²) in [5.41, 5.74) is 0.168. The number of rotatable bonds is 5. The number of benzene rings is 1. The summed E-state index contributed by atoms with van der Waals surface area (Å²) in [6, 6.07) is 5.94. The Labute approximate surface area is 101 Å². The van der Waals surface area contributed by atoms with E-state index in [-0.39, 0.29) is 17.9 Å². The summed E-state index contributed by atoms with van der Waals surface area (Å²) in [6.45, 7) is 0.0716. The second kappa shape index (κ2) is 6.16. The van der Waals surface area contributed by atoms with Gasteiger partial charge in [-0.25, -0.2) is 0 Å². The molecule has 0 amide bonds. The predicted octanol–water partition coefficient (Wildman–Crippen LogP) is 2.26. The monoisotopic (exact) mass is 265 g/mol. The van der Waals surface area contributed by atoms with E-state index in [1.165, 1.54) is 18.4 Å². The first kappa shape index (κ1) is 14.2. The summed E-state index contributed by atoms with van der Waals surface area (Å²) in [5, 5.41) is 2.39. The van der Waals surface area contributed by atoms with Gasteiger partial charge in [-0.15, -0.1) is 0 Å². The molecule has 1 aromatic rings. The molecule has 96 valence electrons. The minimum Gasteiger partial charge on any atom is -0.302 e. The zero-order chi connectivity index (χ0) is 12.9. The summed E-state index contributed by atoms with van der Waals surface area (Å²) in [5.74, 6) is 0.208. The Morgan fingerprint density at radius 2 is 1.88 bits per heavy atom. The van der Waals surface area contributed by atoms with Gasteiger partial charge in [0.1, 0.15) is 6.04 Å². The molecule has 0 saturated carbocycles. The van der Waals surface area contributed by atoms with Crippen molar-refractivity contribution in [3.05, 3.63) is 35.9 Å². The fourth-order valence-electron chi connectivity index (χ4n) is 1.42. The first-order chi connectivity index (χ1) is 7.91. The second-order valence-electron chi connectivity index (χ2n) is 3.62. The van der Waals surface area contributed by atoms with E-state index in [9.17, 15) is 17.4 Å². The average Bonchev–Trinajstić information content (AvgIpc) is 2.23. The molecule has 0 aromatic heterocycles. The van der Waals surface area contributed by atoms with Crippen molar-refractivity contribution in [3.63, 3.8) is 0 Å². The topological polar surface area (TPSA) is 29.1 Å². The third-order valence-corrected chi connectivity index (χ3v) is 2.98. The van der Waals surface area contributed by atoms with Crippen molar-refractivity contribution in [1.82, 2.24) is 5.32 Å². The molecule has 0 aliphatic rings. The summed E-state index contributed by atoms with van der Waals surface area (Å²) in [7, 11) is -1.10. The summed E-state index contributed by atoms with van der Waals surface area (Å²) < 4.78 is 49.2. The van der Waals surface area contributed by atoms with Gasteiger partial charge in [-0.2, -0.15) is 13.2 Å². The molecule has 0 aliphatic heterocycles. The fourth-order valence-corrected chi connectivity index (χ4v) is 1.82. The molecule has 0 spiro atoms. The van der Waals surface area contributed by atoms with Crippen LogP contribution in [-0.2, 0) is 10.8 Å². The van der Waals surface area contributed by atoms with Gasteiger partial charge in [0.2, 0.25) is 0 Å². The Balaban J connectivity index is 2.72. The summed E-state index contributed by atoms with van der Waals surface area (Å²) in [4.78, 5) is 0. The molecule has 0 saturated heterocycles. The van der Waals surface area contributed by atoms with Crippen LogP contribution in [0.3, 0.4) is 0 Å². The highest BCUT2D eigenvalue weighted by molar-refractivity contribution is 7.84. The zero-order valence-electron chi connectivity index (χ0n) is 9.33. The number of nitrogens with one attached hydrogen (secondary N) is 1. The molecular formula is C11H14F3NOS. The third kappa shape index (κ3) is 4.87. The molecule has 6 heteroatoms. The van der Waals surface area contributed by atoms with Crippen LogP contribution in [0.1, 0.15) is 11.6 Å². The van der Waals surface area contributed by atoms with Crippen molar-refractivity contribution >= 4 is 10.8 Å². The van der Waals surface area contributed by atoms with E-state index < -0.39 is 23.0 Å². The average molecular weight is 265 g/mol. The van der Waals surface area contributed by atoms with Crippen LogP contribution in [0.25, 0.3) is 0 Å². The molecule has 17 heavy (non-hydrogen) atoms. The van der Waals surface area contributed by atoms with Crippen LogP contribution in [0.2, 0.25) is 0 Å². The van der Waals surface area contributed by atoms with Gasteiger partial charge in [0, 0.05) is 29.4 Å². The normalized spacial score (nSPS) is 15.5. The first-order valence-electron chi connectivity index (χ1n) is 5.06. The van der Waals surface area contributed by atoms with Crippen LogP contribution in [0, 0.1) is 0 Å². The minimum atomic E-state index is -4.35. The Kier molecular flexibility index (Phi) is 5.14. The quantitative estimate of drug-likeness (QED) is 0.884. The summed E-state index contributed by atoms with van der Waals surface area (Å²) in [6.07, 6.45) is -2.89. The van der Waals surface area contributed by atoms with Gasteiger partial charge in [-0.1, -0.05) is 30.3 Å². The van der Waals surface area contributed by atoms with Gasteiger partial charge in [-0.3, -0.25) is 4.21 Å². The lowest BCUT2D eigenvalue weighted by molar-refractivity contribution is -0.157. The second-order valence-corrected chi connectivity index (χ2v) is 5.17. The van der Waals surface area contributed by atoms with E-state index in [4.69, 9.17) is 0 Å². The third-order valence-electron chi connectivity index (χ3n) is 2.20. The molecule has 0 aliphatic carbocycles. The van der Waals surface area contributed by atoms with Crippen molar-refractivity contribution in [1.29, 1.82) is 0 Å². The van der Waals surface area contributed by atoms with Gasteiger partial charge in [0.25, 0.3) is 0 Å². The number of hydrogen-bond acceptors (Lipinski definition) is 2. The van der Waals surface area contributed by atoms with Gasteiger partial charge < -0.3 is 5.32 Å². The Bertz CT molecular complexity index is 367. The van der Waals surface area contributed by atoms with Crippen LogP contribution in [0.15, 0.2) is 30.3 Å². The molecule has 1 N–H and O–H groups in total. The molecule has 2 unspecified atom stereocenters. The van der Waals surface area contributed by atoms with Gasteiger partial charge in [0.05, 0.1) is 0 Å². The van der Waals surface area contributed by atoms with Crippen LogP contribution in [0.5, 0.6) is 0 Å². The van der Waals surface area contributed by atoms with Crippen molar-refractivity contribution < 1.29 is 17.4 Å². The fraction of sp³-hybridized carbons (Fsp3) is 0.455. The maximum absolute atomic E-state index is 12.8. The molecule has 0 heterocycles. The molecule has 0 fully saturated rings. The Hall–Kier alpha value is -0.880.